The summed E-state index contributed by atoms with van der Waals surface area (Å²) in [7, 11) is 3.97. The number of amides is 1. The third-order valence-corrected chi connectivity index (χ3v) is 3.97. The van der Waals surface area contributed by atoms with Gasteiger partial charge < -0.3 is 15.2 Å². The molecule has 0 aliphatic rings. The molecule has 2 aromatic heterocycles. The first-order chi connectivity index (χ1) is 9.58. The van der Waals surface area contributed by atoms with Crippen molar-refractivity contribution in [2.24, 2.45) is 0 Å². The average Bonchev–Trinajstić information content (AvgIpc) is 2.93. The number of hydrogen-bond acceptors (Lipinski definition) is 4. The van der Waals surface area contributed by atoms with Gasteiger partial charge in [0.05, 0.1) is 11.6 Å². The van der Waals surface area contributed by atoms with E-state index >= 15 is 0 Å². The maximum Gasteiger partial charge on any atom is 0.252 e. The fraction of sp³-hybridized carbons (Fsp3) is 0.286. The van der Waals surface area contributed by atoms with Crippen LogP contribution in [0.15, 0.2) is 40.6 Å². The minimum Gasteiger partial charge on any atom is -0.350 e. The van der Waals surface area contributed by atoms with Crippen molar-refractivity contribution in [3.8, 4) is 0 Å². The molecule has 0 saturated heterocycles. The quantitative estimate of drug-likeness (QED) is 0.877. The molecule has 6 heteroatoms. The van der Waals surface area contributed by atoms with Gasteiger partial charge in [0.25, 0.3) is 5.91 Å². The molecule has 20 heavy (non-hydrogen) atoms. The monoisotopic (exact) mass is 291 g/mol. The molecule has 0 aliphatic heterocycles. The first kappa shape index (κ1) is 14.5. The highest BCUT2D eigenvalue weighted by Crippen LogP contribution is 2.22. The molecular weight excluding hydrogens is 274 g/mol. The van der Waals surface area contributed by atoms with E-state index in [0.717, 1.165) is 0 Å². The number of carbonyl (C=O) groups excluding carboxylic acids is 1. The fourth-order valence-corrected chi connectivity index (χ4v) is 2.78. The van der Waals surface area contributed by atoms with Crippen LogP contribution in [0.5, 0.6) is 0 Å². The smallest absolute Gasteiger partial charge is 0.252 e. The number of H-pyrrole nitrogens is 1. The lowest BCUT2D eigenvalue weighted by atomic mass is 10.2. The Labute approximate surface area is 121 Å². The zero-order chi connectivity index (χ0) is 14.5. The molecule has 0 saturated carbocycles. The number of rotatable bonds is 5. The van der Waals surface area contributed by atoms with Crippen LogP contribution in [-0.2, 0) is 0 Å². The topological polar surface area (TPSA) is 65.2 Å². The van der Waals surface area contributed by atoms with Gasteiger partial charge in [0, 0.05) is 23.7 Å². The molecule has 0 aliphatic carbocycles. The van der Waals surface area contributed by atoms with Crippen LogP contribution < -0.4 is 10.9 Å². The second-order valence-corrected chi connectivity index (χ2v) is 5.63. The van der Waals surface area contributed by atoms with Crippen molar-refractivity contribution in [1.29, 1.82) is 0 Å². The fourth-order valence-electron chi connectivity index (χ4n) is 1.86. The zero-order valence-electron chi connectivity index (χ0n) is 11.4. The molecule has 2 heterocycles. The van der Waals surface area contributed by atoms with Crippen LogP contribution >= 0.6 is 11.3 Å². The Hall–Kier alpha value is -1.92. The van der Waals surface area contributed by atoms with Gasteiger partial charge in [-0.3, -0.25) is 9.59 Å². The molecule has 0 spiro atoms. The predicted molar refractivity (Wildman–Crippen MR) is 80.1 cm³/mol. The van der Waals surface area contributed by atoms with Crippen molar-refractivity contribution in [3.63, 3.8) is 0 Å². The minimum atomic E-state index is -0.216. The zero-order valence-corrected chi connectivity index (χ0v) is 12.2. The van der Waals surface area contributed by atoms with Gasteiger partial charge in [-0.05, 0) is 31.6 Å². The maximum absolute atomic E-state index is 12.0. The molecule has 1 atom stereocenters. The van der Waals surface area contributed by atoms with Crippen molar-refractivity contribution in [2.75, 3.05) is 20.6 Å². The molecular formula is C14H17N3O2S. The predicted octanol–water partition coefficient (Wildman–Crippen LogP) is 1.47. The van der Waals surface area contributed by atoms with Crippen molar-refractivity contribution in [1.82, 2.24) is 15.2 Å². The second kappa shape index (κ2) is 6.49. The summed E-state index contributed by atoms with van der Waals surface area (Å²) in [5.74, 6) is -0.190. The lowest BCUT2D eigenvalue weighted by molar-refractivity contribution is 0.0942. The summed E-state index contributed by atoms with van der Waals surface area (Å²) in [5, 5.41) is 4.92. The molecule has 0 fully saturated rings. The summed E-state index contributed by atoms with van der Waals surface area (Å²) < 4.78 is 0. The van der Waals surface area contributed by atoms with Gasteiger partial charge >= 0.3 is 0 Å². The van der Waals surface area contributed by atoms with E-state index in [1.54, 1.807) is 11.3 Å². The van der Waals surface area contributed by atoms with Crippen molar-refractivity contribution in [2.45, 2.75) is 6.04 Å². The van der Waals surface area contributed by atoms with Crippen molar-refractivity contribution < 1.29 is 4.79 Å². The van der Waals surface area contributed by atoms with E-state index in [2.05, 4.69) is 21.3 Å². The van der Waals surface area contributed by atoms with E-state index in [1.165, 1.54) is 23.2 Å². The average molecular weight is 291 g/mol. The lowest BCUT2D eigenvalue weighted by Crippen LogP contribution is -2.34. The number of nitrogens with one attached hydrogen (secondary N) is 2. The number of nitrogens with zero attached hydrogens (tertiary/aromatic N) is 1. The second-order valence-electron chi connectivity index (χ2n) is 4.65. The van der Waals surface area contributed by atoms with Crippen LogP contribution in [0.4, 0.5) is 0 Å². The van der Waals surface area contributed by atoms with Gasteiger partial charge in [-0.25, -0.2) is 0 Å². The molecule has 0 aromatic carbocycles. The first-order valence-electron chi connectivity index (χ1n) is 6.24. The minimum absolute atomic E-state index is 0.140. The Morgan fingerprint density at radius 2 is 2.20 bits per heavy atom. The molecule has 1 amide bonds. The molecule has 2 N–H and O–H groups in total. The van der Waals surface area contributed by atoms with E-state index in [0.29, 0.717) is 12.1 Å². The normalized spacial score (nSPS) is 12.3. The maximum atomic E-state index is 12.0. The summed E-state index contributed by atoms with van der Waals surface area (Å²) in [5.41, 5.74) is 0.236. The van der Waals surface area contributed by atoms with Gasteiger partial charge in [-0.15, -0.1) is 11.3 Å². The largest absolute Gasteiger partial charge is 0.350 e. The van der Waals surface area contributed by atoms with Crippen LogP contribution in [0.2, 0.25) is 0 Å². The molecule has 0 bridgehead atoms. The number of thiophene rings is 1. The highest BCUT2D eigenvalue weighted by atomic mass is 32.1. The Morgan fingerprint density at radius 3 is 2.75 bits per heavy atom. The lowest BCUT2D eigenvalue weighted by Gasteiger charge is -2.23. The Morgan fingerprint density at radius 1 is 1.40 bits per heavy atom. The van der Waals surface area contributed by atoms with Gasteiger partial charge in [-0.1, -0.05) is 6.07 Å². The summed E-state index contributed by atoms with van der Waals surface area (Å²) >= 11 is 1.67. The van der Waals surface area contributed by atoms with E-state index in [4.69, 9.17) is 0 Å². The first-order valence-corrected chi connectivity index (χ1v) is 7.12. The van der Waals surface area contributed by atoms with E-state index in [9.17, 15) is 9.59 Å². The molecule has 0 unspecified atom stereocenters. The SMILES string of the molecule is CN(C)[C@@H](CNC(=O)c1ccc(=O)[nH]c1)c1cccs1. The highest BCUT2D eigenvalue weighted by molar-refractivity contribution is 7.10. The van der Waals surface area contributed by atoms with E-state index in [1.807, 2.05) is 25.5 Å². The molecule has 2 aromatic rings. The number of hydrogen-bond donors (Lipinski definition) is 2. The van der Waals surface area contributed by atoms with Crippen LogP contribution in [0, 0.1) is 0 Å². The van der Waals surface area contributed by atoms with Crippen LogP contribution in [0.1, 0.15) is 21.3 Å². The third kappa shape index (κ3) is 3.55. The standard InChI is InChI=1S/C14H17N3O2S/c1-17(2)11(12-4-3-7-20-12)9-16-14(19)10-5-6-13(18)15-8-10/h3-8,11H,9H2,1-2H3,(H,15,18)(H,16,19)/t11-/m0/s1. The van der Waals surface area contributed by atoms with Gasteiger partial charge in [0.2, 0.25) is 5.56 Å². The highest BCUT2D eigenvalue weighted by Gasteiger charge is 2.16. The number of likely N-dealkylation sites (N-methyl/N-ethyl adjacent to an activating group) is 1. The summed E-state index contributed by atoms with van der Waals surface area (Å²) in [6.07, 6.45) is 1.42. The van der Waals surface area contributed by atoms with Crippen LogP contribution in [0.25, 0.3) is 0 Å². The number of aromatic amines is 1. The van der Waals surface area contributed by atoms with Gasteiger partial charge in [-0.2, -0.15) is 0 Å². The van der Waals surface area contributed by atoms with E-state index < -0.39 is 0 Å². The van der Waals surface area contributed by atoms with Gasteiger partial charge in [0.1, 0.15) is 0 Å². The van der Waals surface area contributed by atoms with Crippen LogP contribution in [-0.4, -0.2) is 36.4 Å². The Balaban J connectivity index is 2.01. The Kier molecular flexibility index (Phi) is 4.70. The van der Waals surface area contributed by atoms with Crippen molar-refractivity contribution >= 4 is 17.2 Å². The number of pyridine rings is 1. The van der Waals surface area contributed by atoms with Crippen LogP contribution in [0.3, 0.4) is 0 Å². The number of carbonyl (C=O) groups is 1. The summed E-state index contributed by atoms with van der Waals surface area (Å²) in [4.78, 5) is 28.7. The molecule has 2 rings (SSSR count). The van der Waals surface area contributed by atoms with Gasteiger partial charge in [0.15, 0.2) is 0 Å². The molecule has 0 radical (unpaired) electrons. The van der Waals surface area contributed by atoms with E-state index in [-0.39, 0.29) is 17.5 Å². The number of aromatic nitrogens is 1. The molecule has 5 nitrogen and oxygen atoms in total. The third-order valence-electron chi connectivity index (χ3n) is 3.00. The summed E-state index contributed by atoms with van der Waals surface area (Å²) in [6.45, 7) is 0.519. The van der Waals surface area contributed by atoms with Crippen molar-refractivity contribution in [3.05, 3.63) is 56.6 Å². The molecule has 106 valence electrons. The summed E-state index contributed by atoms with van der Waals surface area (Å²) in [6, 6.07) is 7.06. The Bertz CT molecular complexity index is 599.